The molecule has 2 aliphatic rings. The number of aliphatic hydroxyl groups excluding tert-OH is 1. The summed E-state index contributed by atoms with van der Waals surface area (Å²) < 4.78 is 0. The molecule has 1 saturated heterocycles. The molecule has 3 rings (SSSR count). The lowest BCUT2D eigenvalue weighted by Crippen LogP contribution is -2.33. The number of fused-ring (bicyclic) bond motifs is 1. The zero-order valence-corrected chi connectivity index (χ0v) is 11.6. The minimum absolute atomic E-state index is 0.0862. The number of carbonyl (C=O) groups is 2. The Morgan fingerprint density at radius 1 is 1.15 bits per heavy atom. The van der Waals surface area contributed by atoms with Gasteiger partial charge in [-0.2, -0.15) is 0 Å². The zero-order chi connectivity index (χ0) is 14.3. The Balaban J connectivity index is 1.94. The molecule has 1 aromatic rings. The van der Waals surface area contributed by atoms with Crippen LogP contribution < -0.4 is 4.90 Å². The van der Waals surface area contributed by atoms with E-state index in [9.17, 15) is 14.7 Å². The molecule has 0 spiro atoms. The van der Waals surface area contributed by atoms with E-state index >= 15 is 0 Å². The van der Waals surface area contributed by atoms with Crippen LogP contribution in [-0.4, -0.2) is 16.9 Å². The number of imide groups is 1. The van der Waals surface area contributed by atoms with Gasteiger partial charge in [-0.15, -0.1) is 0 Å². The third-order valence-corrected chi connectivity index (χ3v) is 4.72. The van der Waals surface area contributed by atoms with Crippen LogP contribution in [0.3, 0.4) is 0 Å². The standard InChI is InChI=1S/C16H19NO3/c1-2-10-7-12-13(8-10)16(20)17(15(12)19)14-6-4-3-5-11(14)9-18/h3-6,10,12-13,18H,2,7-9H2,1H3. The largest absolute Gasteiger partial charge is 0.392 e. The third-order valence-electron chi connectivity index (χ3n) is 4.72. The highest BCUT2D eigenvalue weighted by atomic mass is 16.3. The van der Waals surface area contributed by atoms with Gasteiger partial charge in [0.1, 0.15) is 0 Å². The Morgan fingerprint density at radius 3 is 2.30 bits per heavy atom. The van der Waals surface area contributed by atoms with Crippen molar-refractivity contribution in [2.75, 3.05) is 4.90 Å². The number of carbonyl (C=O) groups excluding carboxylic acids is 2. The number of para-hydroxylation sites is 1. The molecule has 1 N–H and O–H groups in total. The second kappa shape index (κ2) is 5.02. The summed E-state index contributed by atoms with van der Waals surface area (Å²) in [4.78, 5) is 26.4. The second-order valence-corrected chi connectivity index (χ2v) is 5.76. The van der Waals surface area contributed by atoms with Gasteiger partial charge in [0.25, 0.3) is 0 Å². The lowest BCUT2D eigenvalue weighted by Gasteiger charge is -2.19. The number of benzene rings is 1. The maximum absolute atomic E-state index is 12.6. The second-order valence-electron chi connectivity index (χ2n) is 5.76. The number of hydrogen-bond acceptors (Lipinski definition) is 3. The molecule has 106 valence electrons. The van der Waals surface area contributed by atoms with Gasteiger partial charge in [0, 0.05) is 5.56 Å². The van der Waals surface area contributed by atoms with Gasteiger partial charge in [-0.25, -0.2) is 4.90 Å². The first kappa shape index (κ1) is 13.3. The summed E-state index contributed by atoms with van der Waals surface area (Å²) in [5.41, 5.74) is 1.17. The van der Waals surface area contributed by atoms with Gasteiger partial charge in [0.05, 0.1) is 24.1 Å². The van der Waals surface area contributed by atoms with E-state index in [-0.39, 0.29) is 30.3 Å². The van der Waals surface area contributed by atoms with Crippen molar-refractivity contribution in [3.8, 4) is 0 Å². The molecule has 0 aromatic heterocycles. The Morgan fingerprint density at radius 2 is 1.75 bits per heavy atom. The predicted molar refractivity (Wildman–Crippen MR) is 74.9 cm³/mol. The fraction of sp³-hybridized carbons (Fsp3) is 0.500. The highest BCUT2D eigenvalue weighted by Gasteiger charge is 2.52. The van der Waals surface area contributed by atoms with E-state index in [1.165, 1.54) is 4.90 Å². The summed E-state index contributed by atoms with van der Waals surface area (Å²) in [5.74, 6) is 0.0141. The molecule has 2 fully saturated rings. The molecule has 0 bridgehead atoms. The van der Waals surface area contributed by atoms with Crippen molar-refractivity contribution in [1.82, 2.24) is 0 Å². The molecule has 2 amide bonds. The zero-order valence-electron chi connectivity index (χ0n) is 11.6. The fourth-order valence-corrected chi connectivity index (χ4v) is 3.56. The molecule has 0 radical (unpaired) electrons. The van der Waals surface area contributed by atoms with Crippen LogP contribution in [0.5, 0.6) is 0 Å². The van der Waals surface area contributed by atoms with E-state index in [1.54, 1.807) is 24.3 Å². The Kier molecular flexibility index (Phi) is 3.34. The lowest BCUT2D eigenvalue weighted by atomic mass is 10.00. The molecule has 1 aromatic carbocycles. The average Bonchev–Trinajstić information content (AvgIpc) is 3.00. The number of nitrogens with zero attached hydrogens (tertiary/aromatic N) is 1. The van der Waals surface area contributed by atoms with Gasteiger partial charge < -0.3 is 5.11 Å². The molecular weight excluding hydrogens is 254 g/mol. The monoisotopic (exact) mass is 273 g/mol. The van der Waals surface area contributed by atoms with Crippen LogP contribution in [0.4, 0.5) is 5.69 Å². The van der Waals surface area contributed by atoms with Crippen LogP contribution in [0.15, 0.2) is 24.3 Å². The van der Waals surface area contributed by atoms with Crippen molar-refractivity contribution in [1.29, 1.82) is 0 Å². The van der Waals surface area contributed by atoms with E-state index in [2.05, 4.69) is 6.92 Å². The molecule has 1 saturated carbocycles. The first-order valence-electron chi connectivity index (χ1n) is 7.24. The summed E-state index contributed by atoms with van der Waals surface area (Å²) >= 11 is 0. The van der Waals surface area contributed by atoms with Crippen molar-refractivity contribution in [2.24, 2.45) is 17.8 Å². The van der Waals surface area contributed by atoms with Crippen molar-refractivity contribution in [3.05, 3.63) is 29.8 Å². The highest BCUT2D eigenvalue weighted by molar-refractivity contribution is 6.22. The predicted octanol–water partition coefficient (Wildman–Crippen LogP) is 2.10. The maximum atomic E-state index is 12.6. The molecule has 4 heteroatoms. The van der Waals surface area contributed by atoms with Crippen molar-refractivity contribution >= 4 is 17.5 Å². The molecule has 1 aliphatic carbocycles. The van der Waals surface area contributed by atoms with Gasteiger partial charge >= 0.3 is 0 Å². The van der Waals surface area contributed by atoms with Gasteiger partial charge in [-0.05, 0) is 24.8 Å². The molecule has 2 unspecified atom stereocenters. The number of anilines is 1. The van der Waals surface area contributed by atoms with Crippen LogP contribution in [0.25, 0.3) is 0 Å². The molecule has 2 atom stereocenters. The van der Waals surface area contributed by atoms with E-state index in [4.69, 9.17) is 0 Å². The smallest absolute Gasteiger partial charge is 0.237 e. The van der Waals surface area contributed by atoms with Crippen molar-refractivity contribution in [3.63, 3.8) is 0 Å². The summed E-state index contributed by atoms with van der Waals surface area (Å²) in [6.07, 6.45) is 2.67. The molecule has 1 aliphatic heterocycles. The van der Waals surface area contributed by atoms with Gasteiger partial charge in [0.15, 0.2) is 0 Å². The van der Waals surface area contributed by atoms with Crippen molar-refractivity contribution < 1.29 is 14.7 Å². The third kappa shape index (κ3) is 1.86. The average molecular weight is 273 g/mol. The maximum Gasteiger partial charge on any atom is 0.237 e. The van der Waals surface area contributed by atoms with Crippen LogP contribution >= 0.6 is 0 Å². The van der Waals surface area contributed by atoms with Gasteiger partial charge in [-0.3, -0.25) is 9.59 Å². The summed E-state index contributed by atoms with van der Waals surface area (Å²) in [5, 5.41) is 9.39. The summed E-state index contributed by atoms with van der Waals surface area (Å²) in [6.45, 7) is 1.94. The first-order chi connectivity index (χ1) is 9.67. The van der Waals surface area contributed by atoms with Gasteiger partial charge in [0.2, 0.25) is 11.8 Å². The molecule has 4 nitrogen and oxygen atoms in total. The topological polar surface area (TPSA) is 57.6 Å². The molecule has 20 heavy (non-hydrogen) atoms. The normalized spacial score (nSPS) is 29.1. The Hall–Kier alpha value is -1.68. The minimum atomic E-state index is -0.167. The lowest BCUT2D eigenvalue weighted by molar-refractivity contribution is -0.123. The SMILES string of the molecule is CCC1CC2C(=O)N(c3ccccc3CO)C(=O)C2C1. The van der Waals surface area contributed by atoms with Crippen LogP contribution in [0, 0.1) is 17.8 Å². The number of rotatable bonds is 3. The van der Waals surface area contributed by atoms with Crippen LogP contribution in [-0.2, 0) is 16.2 Å². The van der Waals surface area contributed by atoms with E-state index in [0.717, 1.165) is 19.3 Å². The molecule has 1 heterocycles. The van der Waals surface area contributed by atoms with Gasteiger partial charge in [-0.1, -0.05) is 31.5 Å². The minimum Gasteiger partial charge on any atom is -0.392 e. The number of amides is 2. The van der Waals surface area contributed by atoms with E-state index in [0.29, 0.717) is 17.2 Å². The quantitative estimate of drug-likeness (QED) is 0.858. The fourth-order valence-electron chi connectivity index (χ4n) is 3.56. The van der Waals surface area contributed by atoms with Crippen LogP contribution in [0.2, 0.25) is 0 Å². The summed E-state index contributed by atoms with van der Waals surface area (Å²) in [6, 6.07) is 7.07. The van der Waals surface area contributed by atoms with E-state index in [1.807, 2.05) is 0 Å². The number of aliphatic hydroxyl groups is 1. The summed E-state index contributed by atoms with van der Waals surface area (Å²) in [7, 11) is 0. The van der Waals surface area contributed by atoms with E-state index < -0.39 is 0 Å². The van der Waals surface area contributed by atoms with Crippen LogP contribution in [0.1, 0.15) is 31.7 Å². The first-order valence-corrected chi connectivity index (χ1v) is 7.24. The molecular formula is C16H19NO3. The van der Waals surface area contributed by atoms with Crippen molar-refractivity contribution in [2.45, 2.75) is 32.8 Å². The highest BCUT2D eigenvalue weighted by Crippen LogP contribution is 2.45. The number of hydrogen-bond donors (Lipinski definition) is 1. The Bertz CT molecular complexity index is 530. The Labute approximate surface area is 118 Å².